The van der Waals surface area contributed by atoms with Crippen LogP contribution in [0.15, 0.2) is 60.7 Å². The second-order valence-corrected chi connectivity index (χ2v) is 10.1. The first-order valence-electron chi connectivity index (χ1n) is 12.3. The molecule has 0 aromatic heterocycles. The standard InChI is InChI=1S/C28H32O5/c1-3-32-28-14-20-21-22(23(28)24(20)29)27(33-28)26(31-16-19-12-8-5-9-13-19)17(2)25(21)30-15-18-10-6-4-7-11-18/h4-13,17,20-23,25-27H,3,14-16H2,1-2H3/t17-,20-,21+,22+,23+,25-,26-,27-,28-/m1/s1. The first kappa shape index (κ1) is 21.5. The fourth-order valence-corrected chi connectivity index (χ4v) is 7.16. The number of Topliss-reactive ketones (excluding diaryl/α,β-unsaturated/α-hetero) is 1. The van der Waals surface area contributed by atoms with Gasteiger partial charge in [0.25, 0.3) is 0 Å². The molecule has 33 heavy (non-hydrogen) atoms. The molecule has 9 atom stereocenters. The van der Waals surface area contributed by atoms with Crippen molar-refractivity contribution in [3.63, 3.8) is 0 Å². The second-order valence-electron chi connectivity index (χ2n) is 10.1. The summed E-state index contributed by atoms with van der Waals surface area (Å²) in [5, 5.41) is 0. The molecule has 3 aliphatic carbocycles. The van der Waals surface area contributed by atoms with Crippen molar-refractivity contribution in [2.24, 2.45) is 29.6 Å². The molecular weight excluding hydrogens is 416 g/mol. The Morgan fingerprint density at radius 3 is 2.12 bits per heavy atom. The van der Waals surface area contributed by atoms with Crippen LogP contribution in [-0.2, 0) is 37.0 Å². The summed E-state index contributed by atoms with van der Waals surface area (Å²) >= 11 is 0. The summed E-state index contributed by atoms with van der Waals surface area (Å²) in [7, 11) is 0. The fourth-order valence-electron chi connectivity index (χ4n) is 7.16. The molecule has 0 amide bonds. The van der Waals surface area contributed by atoms with E-state index in [0.717, 1.165) is 11.1 Å². The predicted octanol–water partition coefficient (Wildman–Crippen LogP) is 4.39. The van der Waals surface area contributed by atoms with Crippen molar-refractivity contribution in [2.45, 2.75) is 57.6 Å². The Hall–Kier alpha value is -2.05. The van der Waals surface area contributed by atoms with Crippen molar-refractivity contribution < 1.29 is 23.7 Å². The van der Waals surface area contributed by atoms with Crippen LogP contribution in [0.4, 0.5) is 0 Å². The first-order chi connectivity index (χ1) is 16.1. The molecule has 2 aromatic carbocycles. The minimum absolute atomic E-state index is 0.0464. The summed E-state index contributed by atoms with van der Waals surface area (Å²) in [6.07, 6.45) is 0.304. The number of rotatable bonds is 8. The molecule has 2 bridgehead atoms. The molecule has 4 fully saturated rings. The maximum atomic E-state index is 13.4. The molecule has 0 N–H and O–H groups in total. The average molecular weight is 449 g/mol. The molecule has 4 aliphatic rings. The Morgan fingerprint density at radius 1 is 0.909 bits per heavy atom. The van der Waals surface area contributed by atoms with Gasteiger partial charge in [0, 0.05) is 36.7 Å². The first-order valence-corrected chi connectivity index (χ1v) is 12.3. The van der Waals surface area contributed by atoms with Gasteiger partial charge in [-0.3, -0.25) is 4.79 Å². The van der Waals surface area contributed by atoms with Crippen LogP contribution >= 0.6 is 0 Å². The molecule has 1 aliphatic heterocycles. The maximum absolute atomic E-state index is 13.4. The van der Waals surface area contributed by atoms with Gasteiger partial charge in [-0.05, 0) is 18.1 Å². The maximum Gasteiger partial charge on any atom is 0.179 e. The normalized spacial score (nSPS) is 40.5. The number of benzene rings is 2. The zero-order valence-corrected chi connectivity index (χ0v) is 19.3. The lowest BCUT2D eigenvalue weighted by Gasteiger charge is -2.46. The highest BCUT2D eigenvalue weighted by Crippen LogP contribution is 2.67. The van der Waals surface area contributed by atoms with Gasteiger partial charge in [-0.15, -0.1) is 0 Å². The monoisotopic (exact) mass is 448 g/mol. The summed E-state index contributed by atoms with van der Waals surface area (Å²) in [6, 6.07) is 20.5. The van der Waals surface area contributed by atoms with Gasteiger partial charge in [0.1, 0.15) is 5.78 Å². The van der Waals surface area contributed by atoms with Gasteiger partial charge in [-0.2, -0.15) is 0 Å². The zero-order chi connectivity index (χ0) is 22.6. The molecule has 5 nitrogen and oxygen atoms in total. The predicted molar refractivity (Wildman–Crippen MR) is 122 cm³/mol. The number of ether oxygens (including phenoxy) is 4. The number of carbonyl (C=O) groups is 1. The topological polar surface area (TPSA) is 54.0 Å². The van der Waals surface area contributed by atoms with Crippen LogP contribution in [0, 0.1) is 29.6 Å². The van der Waals surface area contributed by atoms with E-state index in [4.69, 9.17) is 18.9 Å². The summed E-state index contributed by atoms with van der Waals surface area (Å²) < 4.78 is 26.0. The summed E-state index contributed by atoms with van der Waals surface area (Å²) in [5.74, 6) is -0.339. The Morgan fingerprint density at radius 2 is 1.52 bits per heavy atom. The highest BCUT2D eigenvalue weighted by Gasteiger charge is 2.78. The van der Waals surface area contributed by atoms with E-state index in [0.29, 0.717) is 32.0 Å². The van der Waals surface area contributed by atoms with Gasteiger partial charge in [0.05, 0.1) is 37.4 Å². The second kappa shape index (κ2) is 8.31. The van der Waals surface area contributed by atoms with Gasteiger partial charge in [0.2, 0.25) is 0 Å². The molecule has 6 rings (SSSR count). The molecule has 174 valence electrons. The van der Waals surface area contributed by atoms with Crippen LogP contribution in [-0.4, -0.2) is 36.5 Å². The molecule has 0 unspecified atom stereocenters. The Kier molecular flexibility index (Phi) is 5.41. The van der Waals surface area contributed by atoms with Gasteiger partial charge in [0.15, 0.2) is 5.79 Å². The molecule has 3 saturated carbocycles. The third kappa shape index (κ3) is 3.32. The van der Waals surface area contributed by atoms with E-state index >= 15 is 0 Å². The number of hydrogen-bond donors (Lipinski definition) is 0. The quantitative estimate of drug-likeness (QED) is 0.600. The number of carbonyl (C=O) groups excluding carboxylic acids is 1. The van der Waals surface area contributed by atoms with Gasteiger partial charge >= 0.3 is 0 Å². The average Bonchev–Trinajstić information content (AvgIpc) is 3.37. The van der Waals surface area contributed by atoms with Crippen LogP contribution in [0.25, 0.3) is 0 Å². The zero-order valence-electron chi connectivity index (χ0n) is 19.3. The van der Waals surface area contributed by atoms with Gasteiger partial charge in [-0.25, -0.2) is 0 Å². The third-order valence-corrected chi connectivity index (χ3v) is 8.36. The highest BCUT2D eigenvalue weighted by molar-refractivity contribution is 5.91. The number of fused-ring (bicyclic) bond motifs is 2. The smallest absolute Gasteiger partial charge is 0.179 e. The van der Waals surface area contributed by atoms with E-state index in [9.17, 15) is 4.79 Å². The van der Waals surface area contributed by atoms with Crippen molar-refractivity contribution in [3.8, 4) is 0 Å². The van der Waals surface area contributed by atoms with E-state index in [-0.39, 0.29) is 47.9 Å². The molecule has 1 saturated heterocycles. The van der Waals surface area contributed by atoms with Crippen molar-refractivity contribution >= 4 is 5.78 Å². The van der Waals surface area contributed by atoms with Crippen LogP contribution < -0.4 is 0 Å². The third-order valence-electron chi connectivity index (χ3n) is 8.36. The molecule has 0 spiro atoms. The molecule has 0 radical (unpaired) electrons. The lowest BCUT2D eigenvalue weighted by Crippen LogP contribution is -2.55. The van der Waals surface area contributed by atoms with Crippen LogP contribution in [0.3, 0.4) is 0 Å². The van der Waals surface area contributed by atoms with Crippen molar-refractivity contribution in [2.75, 3.05) is 6.61 Å². The van der Waals surface area contributed by atoms with Crippen LogP contribution in [0.5, 0.6) is 0 Å². The van der Waals surface area contributed by atoms with E-state index < -0.39 is 5.79 Å². The highest BCUT2D eigenvalue weighted by atomic mass is 16.7. The van der Waals surface area contributed by atoms with Crippen LogP contribution in [0.1, 0.15) is 31.4 Å². The largest absolute Gasteiger partial charge is 0.373 e. The lowest BCUT2D eigenvalue weighted by atomic mass is 9.64. The molecule has 2 aromatic rings. The fraction of sp³-hybridized carbons (Fsp3) is 0.536. The van der Waals surface area contributed by atoms with E-state index in [2.05, 4.69) is 31.2 Å². The van der Waals surface area contributed by atoms with Crippen molar-refractivity contribution in [1.29, 1.82) is 0 Å². The minimum Gasteiger partial charge on any atom is -0.373 e. The van der Waals surface area contributed by atoms with E-state index in [1.165, 1.54) is 0 Å². The lowest BCUT2D eigenvalue weighted by molar-refractivity contribution is -0.251. The Balaban J connectivity index is 1.30. The minimum atomic E-state index is -0.773. The molecule has 5 heteroatoms. The number of hydrogen-bond acceptors (Lipinski definition) is 5. The van der Waals surface area contributed by atoms with Gasteiger partial charge < -0.3 is 18.9 Å². The summed E-state index contributed by atoms with van der Waals surface area (Å²) in [6.45, 7) is 5.78. The molecule has 1 heterocycles. The Labute approximate surface area is 195 Å². The van der Waals surface area contributed by atoms with Crippen LogP contribution in [0.2, 0.25) is 0 Å². The van der Waals surface area contributed by atoms with E-state index in [1.807, 2.05) is 43.3 Å². The summed E-state index contributed by atoms with van der Waals surface area (Å²) in [5.41, 5.74) is 2.28. The van der Waals surface area contributed by atoms with Gasteiger partial charge in [-0.1, -0.05) is 67.6 Å². The van der Waals surface area contributed by atoms with Crippen molar-refractivity contribution in [3.05, 3.63) is 71.8 Å². The summed E-state index contributed by atoms with van der Waals surface area (Å²) in [4.78, 5) is 13.4. The van der Waals surface area contributed by atoms with Crippen molar-refractivity contribution in [1.82, 2.24) is 0 Å². The SMILES string of the molecule is CCO[C@@]12C[C@H]3C(=O)[C@@H]1[C@H]1[C@@H](O2)[C@H](OCc2ccccc2)[C@H](C)[C@@H](OCc2ccccc2)[C@H]13. The Bertz CT molecular complexity index is 994. The van der Waals surface area contributed by atoms with E-state index in [1.54, 1.807) is 0 Å². The number of ketones is 1. The molecular formula is C28H32O5.